The summed E-state index contributed by atoms with van der Waals surface area (Å²) < 4.78 is 0. The molecule has 0 heterocycles. The van der Waals surface area contributed by atoms with Crippen LogP contribution in [0.25, 0.3) is 0 Å². The lowest BCUT2D eigenvalue weighted by atomic mass is 10.1. The maximum absolute atomic E-state index is 8.61. The summed E-state index contributed by atoms with van der Waals surface area (Å²) in [6, 6.07) is 8.63. The Hall–Kier alpha value is -0.220. The fourth-order valence-corrected chi connectivity index (χ4v) is 2.18. The fraction of sp³-hybridized carbons (Fsp3) is 0.538. The van der Waals surface area contributed by atoms with Crippen LogP contribution in [0.15, 0.2) is 24.3 Å². The Morgan fingerprint density at radius 2 is 1.88 bits per heavy atom. The average molecular weight is 276 g/mol. The Kier molecular flexibility index (Phi) is 10.8. The first kappa shape index (κ1) is 16.8. The van der Waals surface area contributed by atoms with Crippen LogP contribution in [0, 0.1) is 6.92 Å². The van der Waals surface area contributed by atoms with E-state index in [-0.39, 0.29) is 12.4 Å². The molecule has 0 atom stereocenters. The number of rotatable bonds is 8. The van der Waals surface area contributed by atoms with Crippen molar-refractivity contribution in [1.29, 1.82) is 0 Å². The van der Waals surface area contributed by atoms with Crippen LogP contribution in [0.5, 0.6) is 0 Å². The number of nitrogens with one attached hydrogen (secondary N) is 1. The topological polar surface area (TPSA) is 32.3 Å². The molecule has 0 aliphatic heterocycles. The van der Waals surface area contributed by atoms with E-state index in [9.17, 15) is 0 Å². The van der Waals surface area contributed by atoms with Crippen molar-refractivity contribution in [2.75, 3.05) is 24.7 Å². The molecule has 98 valence electrons. The molecule has 0 bridgehead atoms. The molecular weight excluding hydrogens is 254 g/mol. The molecule has 4 heteroatoms. The Bertz CT molecular complexity index is 279. The highest BCUT2D eigenvalue weighted by molar-refractivity contribution is 7.99. The first-order chi connectivity index (χ1) is 7.83. The zero-order valence-corrected chi connectivity index (χ0v) is 11.9. The molecule has 17 heavy (non-hydrogen) atoms. The number of hydrogen-bond acceptors (Lipinski definition) is 3. The Morgan fingerprint density at radius 1 is 1.18 bits per heavy atom. The molecule has 0 amide bonds. The van der Waals surface area contributed by atoms with Crippen LogP contribution in [0.1, 0.15) is 17.5 Å². The molecule has 0 radical (unpaired) electrons. The van der Waals surface area contributed by atoms with Gasteiger partial charge in [-0.2, -0.15) is 11.8 Å². The van der Waals surface area contributed by atoms with Crippen molar-refractivity contribution in [3.05, 3.63) is 35.4 Å². The van der Waals surface area contributed by atoms with Crippen LogP contribution in [-0.4, -0.2) is 29.8 Å². The minimum Gasteiger partial charge on any atom is -0.396 e. The highest BCUT2D eigenvalue weighted by Crippen LogP contribution is 2.03. The van der Waals surface area contributed by atoms with Crippen molar-refractivity contribution in [2.45, 2.75) is 19.9 Å². The Labute approximate surface area is 115 Å². The number of halogens is 1. The van der Waals surface area contributed by atoms with Gasteiger partial charge in [-0.1, -0.05) is 29.8 Å². The summed E-state index contributed by atoms with van der Waals surface area (Å²) in [6.45, 7) is 4.39. The largest absolute Gasteiger partial charge is 0.396 e. The van der Waals surface area contributed by atoms with Crippen LogP contribution in [0.2, 0.25) is 0 Å². The van der Waals surface area contributed by atoms with Gasteiger partial charge in [0.2, 0.25) is 0 Å². The smallest absolute Gasteiger partial charge is 0.0438 e. The van der Waals surface area contributed by atoms with E-state index in [1.165, 1.54) is 11.1 Å². The van der Waals surface area contributed by atoms with E-state index in [0.29, 0.717) is 6.61 Å². The molecule has 1 aromatic carbocycles. The van der Waals surface area contributed by atoms with Gasteiger partial charge in [0.1, 0.15) is 0 Å². The maximum Gasteiger partial charge on any atom is 0.0438 e. The fourth-order valence-electron chi connectivity index (χ4n) is 1.35. The standard InChI is InChI=1S/C13H21NOS.ClH/c1-12-3-5-13(6-4-12)11-14-7-10-16-9-2-8-15;/h3-6,14-15H,2,7-11H2,1H3;1H. The summed E-state index contributed by atoms with van der Waals surface area (Å²) in [4.78, 5) is 0. The molecule has 0 aromatic heterocycles. The van der Waals surface area contributed by atoms with Crippen molar-refractivity contribution in [3.8, 4) is 0 Å². The van der Waals surface area contributed by atoms with E-state index in [0.717, 1.165) is 31.0 Å². The molecule has 0 aliphatic carbocycles. The number of hydrogen-bond donors (Lipinski definition) is 2. The van der Waals surface area contributed by atoms with E-state index in [1.54, 1.807) is 0 Å². The molecule has 0 saturated heterocycles. The molecule has 2 nitrogen and oxygen atoms in total. The predicted molar refractivity (Wildman–Crippen MR) is 79.2 cm³/mol. The van der Waals surface area contributed by atoms with Gasteiger partial charge in [0.25, 0.3) is 0 Å². The van der Waals surface area contributed by atoms with E-state index in [2.05, 4.69) is 36.5 Å². The average Bonchev–Trinajstić information content (AvgIpc) is 2.30. The summed E-state index contributed by atoms with van der Waals surface area (Å²) in [7, 11) is 0. The van der Waals surface area contributed by atoms with Gasteiger partial charge in [-0.25, -0.2) is 0 Å². The van der Waals surface area contributed by atoms with Crippen LogP contribution < -0.4 is 5.32 Å². The zero-order chi connectivity index (χ0) is 11.6. The molecule has 2 N–H and O–H groups in total. The molecule has 0 fully saturated rings. The lowest BCUT2D eigenvalue weighted by molar-refractivity contribution is 0.296. The second-order valence-electron chi connectivity index (χ2n) is 3.85. The highest BCUT2D eigenvalue weighted by Gasteiger charge is 1.92. The van der Waals surface area contributed by atoms with Gasteiger partial charge in [0, 0.05) is 25.4 Å². The maximum atomic E-state index is 8.61. The van der Waals surface area contributed by atoms with E-state index < -0.39 is 0 Å². The van der Waals surface area contributed by atoms with Crippen molar-refractivity contribution < 1.29 is 5.11 Å². The van der Waals surface area contributed by atoms with E-state index in [4.69, 9.17) is 5.11 Å². The number of benzene rings is 1. The zero-order valence-electron chi connectivity index (χ0n) is 10.3. The summed E-state index contributed by atoms with van der Waals surface area (Å²) in [5, 5.41) is 12.0. The van der Waals surface area contributed by atoms with Crippen LogP contribution in [0.3, 0.4) is 0 Å². The molecule has 0 unspecified atom stereocenters. The van der Waals surface area contributed by atoms with Crippen molar-refractivity contribution >= 4 is 24.2 Å². The lowest BCUT2D eigenvalue weighted by Crippen LogP contribution is -2.16. The van der Waals surface area contributed by atoms with E-state index in [1.807, 2.05) is 11.8 Å². The monoisotopic (exact) mass is 275 g/mol. The Balaban J connectivity index is 0.00000256. The predicted octanol–water partition coefficient (Wildman–Crippen LogP) is 2.62. The molecule has 0 spiro atoms. The molecule has 1 aromatic rings. The summed E-state index contributed by atoms with van der Waals surface area (Å²) >= 11 is 1.89. The normalized spacial score (nSPS) is 10.0. The van der Waals surface area contributed by atoms with Gasteiger partial charge in [0.15, 0.2) is 0 Å². The Morgan fingerprint density at radius 3 is 2.53 bits per heavy atom. The summed E-state index contributed by atoms with van der Waals surface area (Å²) in [5.41, 5.74) is 2.65. The number of aliphatic hydroxyl groups excluding tert-OH is 1. The van der Waals surface area contributed by atoms with Gasteiger partial charge in [-0.15, -0.1) is 12.4 Å². The molecular formula is C13H22ClNOS. The van der Waals surface area contributed by atoms with Gasteiger partial charge in [0.05, 0.1) is 0 Å². The van der Waals surface area contributed by atoms with Crippen molar-refractivity contribution in [2.24, 2.45) is 0 Å². The minimum atomic E-state index is 0. The van der Waals surface area contributed by atoms with Crippen molar-refractivity contribution in [3.63, 3.8) is 0 Å². The second kappa shape index (κ2) is 10.9. The first-order valence-corrected chi connectivity index (χ1v) is 6.93. The van der Waals surface area contributed by atoms with Crippen LogP contribution in [-0.2, 0) is 6.54 Å². The van der Waals surface area contributed by atoms with Crippen molar-refractivity contribution in [1.82, 2.24) is 5.32 Å². The van der Waals surface area contributed by atoms with Crippen LogP contribution in [0.4, 0.5) is 0 Å². The molecule has 1 rings (SSSR count). The third-order valence-corrected chi connectivity index (χ3v) is 3.39. The molecule has 0 saturated carbocycles. The van der Waals surface area contributed by atoms with E-state index >= 15 is 0 Å². The van der Waals surface area contributed by atoms with Gasteiger partial charge in [-0.05, 0) is 24.7 Å². The molecule has 0 aliphatic rings. The SMILES string of the molecule is Cc1ccc(CNCCSCCCO)cc1.Cl. The highest BCUT2D eigenvalue weighted by atomic mass is 35.5. The first-order valence-electron chi connectivity index (χ1n) is 5.78. The van der Waals surface area contributed by atoms with Crippen LogP contribution >= 0.6 is 24.2 Å². The third-order valence-electron chi connectivity index (χ3n) is 2.32. The van der Waals surface area contributed by atoms with Gasteiger partial charge in [-0.3, -0.25) is 0 Å². The minimum absolute atomic E-state index is 0. The number of aliphatic hydroxyl groups is 1. The summed E-state index contributed by atoms with van der Waals surface area (Å²) in [5.74, 6) is 2.18. The second-order valence-corrected chi connectivity index (χ2v) is 5.08. The number of aryl methyl sites for hydroxylation is 1. The third kappa shape index (κ3) is 8.50. The van der Waals surface area contributed by atoms with Gasteiger partial charge < -0.3 is 10.4 Å². The summed E-state index contributed by atoms with van der Waals surface area (Å²) in [6.07, 6.45) is 0.905. The quantitative estimate of drug-likeness (QED) is 0.716. The van der Waals surface area contributed by atoms with Gasteiger partial charge >= 0.3 is 0 Å². The number of thioether (sulfide) groups is 1. The lowest BCUT2D eigenvalue weighted by Gasteiger charge is -2.05.